The average molecular weight is 294 g/mol. The maximum atomic E-state index is 4.74. The molecule has 2 aromatic rings. The summed E-state index contributed by atoms with van der Waals surface area (Å²) in [5, 5.41) is 6.93. The van der Waals surface area contributed by atoms with Crippen LogP contribution in [0.25, 0.3) is 0 Å². The maximum absolute atomic E-state index is 4.74. The number of nitrogens with zero attached hydrogens (tertiary/aromatic N) is 2. The Kier molecular flexibility index (Phi) is 3.67. The highest BCUT2D eigenvalue weighted by Crippen LogP contribution is 2.40. The number of benzene rings is 1. The molecule has 4 rings (SSSR count). The lowest BCUT2D eigenvalue weighted by Crippen LogP contribution is -2.17. The van der Waals surface area contributed by atoms with Gasteiger partial charge in [0.1, 0.15) is 5.82 Å². The van der Waals surface area contributed by atoms with Crippen molar-refractivity contribution in [2.45, 2.75) is 50.5 Å². The van der Waals surface area contributed by atoms with E-state index < -0.39 is 0 Å². The lowest BCUT2D eigenvalue weighted by molar-refractivity contribution is 0.742. The second-order valence-corrected chi connectivity index (χ2v) is 6.39. The summed E-state index contributed by atoms with van der Waals surface area (Å²) in [5.74, 6) is 2.31. The summed E-state index contributed by atoms with van der Waals surface area (Å²) in [4.78, 5) is 9.41. The number of nitrogens with one attached hydrogen (secondary N) is 2. The molecule has 0 spiro atoms. The van der Waals surface area contributed by atoms with Crippen molar-refractivity contribution in [3.63, 3.8) is 0 Å². The molecule has 2 aliphatic rings. The first kappa shape index (κ1) is 13.6. The van der Waals surface area contributed by atoms with Gasteiger partial charge in [0.15, 0.2) is 0 Å². The van der Waals surface area contributed by atoms with Gasteiger partial charge in [0.25, 0.3) is 0 Å². The molecule has 0 saturated heterocycles. The van der Waals surface area contributed by atoms with Crippen LogP contribution in [-0.4, -0.2) is 16.0 Å². The minimum atomic E-state index is 0.541. The van der Waals surface area contributed by atoms with Gasteiger partial charge in [-0.25, -0.2) is 4.98 Å². The van der Waals surface area contributed by atoms with Gasteiger partial charge in [0.2, 0.25) is 5.95 Å². The number of anilines is 3. The third-order valence-electron chi connectivity index (χ3n) is 4.48. The molecule has 1 aromatic carbocycles. The number of aromatic nitrogens is 2. The van der Waals surface area contributed by atoms with Gasteiger partial charge in [-0.15, -0.1) is 0 Å². The van der Waals surface area contributed by atoms with Crippen molar-refractivity contribution in [2.75, 3.05) is 10.6 Å². The lowest BCUT2D eigenvalue weighted by Gasteiger charge is -2.14. The first-order valence-corrected chi connectivity index (χ1v) is 8.34. The summed E-state index contributed by atoms with van der Waals surface area (Å²) in [6.07, 6.45) is 7.61. The van der Waals surface area contributed by atoms with E-state index in [9.17, 15) is 0 Å². The van der Waals surface area contributed by atoms with E-state index >= 15 is 0 Å². The first-order valence-electron chi connectivity index (χ1n) is 8.34. The number of rotatable bonds is 5. The van der Waals surface area contributed by atoms with Gasteiger partial charge in [0.05, 0.1) is 5.69 Å². The van der Waals surface area contributed by atoms with E-state index in [4.69, 9.17) is 4.98 Å². The Morgan fingerprint density at radius 3 is 2.41 bits per heavy atom. The monoisotopic (exact) mass is 294 g/mol. The van der Waals surface area contributed by atoms with Gasteiger partial charge in [0, 0.05) is 23.7 Å². The normalized spacial score (nSPS) is 18.4. The molecule has 2 N–H and O–H groups in total. The van der Waals surface area contributed by atoms with Gasteiger partial charge in [-0.05, 0) is 37.8 Å². The van der Waals surface area contributed by atoms with Crippen molar-refractivity contribution >= 4 is 17.5 Å². The molecule has 0 aliphatic heterocycles. The molecule has 22 heavy (non-hydrogen) atoms. The van der Waals surface area contributed by atoms with Crippen LogP contribution in [0.4, 0.5) is 17.5 Å². The fourth-order valence-electron chi connectivity index (χ4n) is 3.10. The van der Waals surface area contributed by atoms with Crippen molar-refractivity contribution < 1.29 is 0 Å². The van der Waals surface area contributed by atoms with Crippen LogP contribution >= 0.6 is 0 Å². The topological polar surface area (TPSA) is 49.8 Å². The van der Waals surface area contributed by atoms with Crippen molar-refractivity contribution in [3.05, 3.63) is 42.1 Å². The third-order valence-corrected chi connectivity index (χ3v) is 4.48. The molecule has 2 aliphatic carbocycles. The van der Waals surface area contributed by atoms with Gasteiger partial charge in [-0.1, -0.05) is 31.0 Å². The van der Waals surface area contributed by atoms with E-state index in [0.717, 1.165) is 17.5 Å². The van der Waals surface area contributed by atoms with Crippen LogP contribution in [0.3, 0.4) is 0 Å². The van der Waals surface area contributed by atoms with E-state index in [1.54, 1.807) is 0 Å². The Balaban J connectivity index is 1.57. The standard InChI is InChI=1S/C18H22N4/c1-2-6-14(7-3-1)19-17-12-16(13-10-11-13)21-18(22-17)20-15-8-4-5-9-15/h1-3,6-7,12-13,15H,4-5,8-11H2,(H2,19,20,21,22). The molecule has 0 bridgehead atoms. The average Bonchev–Trinajstić information content (AvgIpc) is 3.27. The molecule has 2 fully saturated rings. The highest BCUT2D eigenvalue weighted by atomic mass is 15.2. The van der Waals surface area contributed by atoms with Gasteiger partial charge >= 0.3 is 0 Å². The van der Waals surface area contributed by atoms with Crippen LogP contribution in [0.1, 0.15) is 50.1 Å². The fourth-order valence-corrected chi connectivity index (χ4v) is 3.10. The Bertz CT molecular complexity index is 631. The van der Waals surface area contributed by atoms with Crippen LogP contribution < -0.4 is 10.6 Å². The fraction of sp³-hybridized carbons (Fsp3) is 0.444. The van der Waals surface area contributed by atoms with Crippen LogP contribution in [0, 0.1) is 0 Å². The molecule has 0 unspecified atom stereocenters. The number of para-hydroxylation sites is 1. The molecule has 2 saturated carbocycles. The zero-order chi connectivity index (χ0) is 14.8. The Labute approximate surface area is 131 Å². The molecule has 0 amide bonds. The molecule has 0 atom stereocenters. The van der Waals surface area contributed by atoms with Crippen molar-refractivity contribution in [1.29, 1.82) is 0 Å². The molecule has 1 aromatic heterocycles. The third kappa shape index (κ3) is 3.21. The van der Waals surface area contributed by atoms with Crippen molar-refractivity contribution in [1.82, 2.24) is 9.97 Å². The summed E-state index contributed by atoms with van der Waals surface area (Å²) < 4.78 is 0. The summed E-state index contributed by atoms with van der Waals surface area (Å²) >= 11 is 0. The maximum Gasteiger partial charge on any atom is 0.225 e. The summed E-state index contributed by atoms with van der Waals surface area (Å²) in [7, 11) is 0. The van der Waals surface area contributed by atoms with Crippen LogP contribution in [0.15, 0.2) is 36.4 Å². The van der Waals surface area contributed by atoms with Crippen LogP contribution in [0.2, 0.25) is 0 Å². The van der Waals surface area contributed by atoms with Crippen molar-refractivity contribution in [2.24, 2.45) is 0 Å². The zero-order valence-corrected chi connectivity index (χ0v) is 12.8. The SMILES string of the molecule is c1ccc(Nc2cc(C3CC3)nc(NC3CCCC3)n2)cc1. The van der Waals surface area contributed by atoms with E-state index in [0.29, 0.717) is 12.0 Å². The highest BCUT2D eigenvalue weighted by molar-refractivity contribution is 5.57. The molecule has 4 nitrogen and oxygen atoms in total. The molecule has 0 radical (unpaired) electrons. The zero-order valence-electron chi connectivity index (χ0n) is 12.8. The van der Waals surface area contributed by atoms with Gasteiger partial charge < -0.3 is 10.6 Å². The quantitative estimate of drug-likeness (QED) is 0.855. The smallest absolute Gasteiger partial charge is 0.225 e. The largest absolute Gasteiger partial charge is 0.351 e. The molecule has 114 valence electrons. The van der Waals surface area contributed by atoms with Crippen LogP contribution in [-0.2, 0) is 0 Å². The van der Waals surface area contributed by atoms with E-state index in [-0.39, 0.29) is 0 Å². The van der Waals surface area contributed by atoms with E-state index in [1.165, 1.54) is 44.2 Å². The Morgan fingerprint density at radius 1 is 0.909 bits per heavy atom. The summed E-state index contributed by atoms with van der Waals surface area (Å²) in [6.45, 7) is 0. The molecule has 1 heterocycles. The number of hydrogen-bond donors (Lipinski definition) is 2. The molecule has 4 heteroatoms. The van der Waals surface area contributed by atoms with Crippen LogP contribution in [0.5, 0.6) is 0 Å². The second-order valence-electron chi connectivity index (χ2n) is 6.39. The highest BCUT2D eigenvalue weighted by Gasteiger charge is 2.26. The van der Waals surface area contributed by atoms with E-state index in [1.807, 2.05) is 18.2 Å². The van der Waals surface area contributed by atoms with Crippen molar-refractivity contribution in [3.8, 4) is 0 Å². The summed E-state index contributed by atoms with van der Waals surface area (Å²) in [6, 6.07) is 12.8. The summed E-state index contributed by atoms with van der Waals surface area (Å²) in [5.41, 5.74) is 2.24. The van der Waals surface area contributed by atoms with E-state index in [2.05, 4.69) is 33.8 Å². The first-order chi connectivity index (χ1) is 10.9. The minimum Gasteiger partial charge on any atom is -0.351 e. The lowest BCUT2D eigenvalue weighted by atomic mass is 10.2. The van der Waals surface area contributed by atoms with Gasteiger partial charge in [-0.2, -0.15) is 4.98 Å². The molecular weight excluding hydrogens is 272 g/mol. The predicted molar refractivity (Wildman–Crippen MR) is 89.6 cm³/mol. The Hall–Kier alpha value is -2.10. The Morgan fingerprint density at radius 2 is 1.68 bits per heavy atom. The second kappa shape index (κ2) is 5.95. The predicted octanol–water partition coefficient (Wildman–Crippen LogP) is 4.45. The van der Waals surface area contributed by atoms with Gasteiger partial charge in [-0.3, -0.25) is 0 Å². The number of hydrogen-bond acceptors (Lipinski definition) is 4. The minimum absolute atomic E-state index is 0.541. The molecular formula is C18H22N4.